The molecule has 0 fully saturated rings. The van der Waals surface area contributed by atoms with Crippen LogP contribution in [0.4, 0.5) is 0 Å². The monoisotopic (exact) mass is 214 g/mol. The summed E-state index contributed by atoms with van der Waals surface area (Å²) in [4.78, 5) is 11.1. The second-order valence-corrected chi connectivity index (χ2v) is 11.0. The van der Waals surface area contributed by atoms with Gasteiger partial charge in [0.05, 0.1) is 0 Å². The lowest BCUT2D eigenvalue weighted by molar-refractivity contribution is -0.133. The summed E-state index contributed by atoms with van der Waals surface area (Å²) in [5, 5.41) is 9.76. The van der Waals surface area contributed by atoms with Crippen LogP contribution in [0, 0.1) is 0 Å². The molecule has 1 unspecified atom stereocenters. The third kappa shape index (κ3) is 5.35. The predicted molar refractivity (Wildman–Crippen MR) is 63.2 cm³/mol. The van der Waals surface area contributed by atoms with Crippen molar-refractivity contribution in [1.29, 1.82) is 0 Å². The molecule has 2 nitrogen and oxygen atoms in total. The molecule has 1 N–H and O–H groups in total. The van der Waals surface area contributed by atoms with Crippen LogP contribution in [0.1, 0.15) is 20.3 Å². The van der Waals surface area contributed by atoms with Gasteiger partial charge in [0.15, 0.2) is 5.78 Å². The molecule has 0 aromatic heterocycles. The van der Waals surface area contributed by atoms with Crippen molar-refractivity contribution in [2.75, 3.05) is 0 Å². The van der Waals surface area contributed by atoms with Crippen molar-refractivity contribution in [3.8, 4) is 0 Å². The molecule has 0 spiro atoms. The Bertz CT molecular complexity index is 236. The molecule has 0 aliphatic rings. The minimum atomic E-state index is -1.23. The molecule has 1 atom stereocenters. The number of hydrogen-bond donors (Lipinski definition) is 1. The van der Waals surface area contributed by atoms with Gasteiger partial charge in [-0.2, -0.15) is 0 Å². The molecule has 0 saturated carbocycles. The van der Waals surface area contributed by atoms with Gasteiger partial charge in [0, 0.05) is 14.5 Å². The second kappa shape index (κ2) is 4.40. The molecular weight excluding hydrogens is 192 g/mol. The lowest BCUT2D eigenvalue weighted by Gasteiger charge is -2.24. The number of ketones is 1. The highest BCUT2D eigenvalue weighted by Gasteiger charge is 2.28. The van der Waals surface area contributed by atoms with Crippen LogP contribution in [0.5, 0.6) is 0 Å². The Balaban J connectivity index is 4.27. The lowest BCUT2D eigenvalue weighted by atomic mass is 9.94. The summed E-state index contributed by atoms with van der Waals surface area (Å²) >= 11 is 0. The Morgan fingerprint density at radius 1 is 1.43 bits per heavy atom. The number of aliphatic hydroxyl groups is 1. The van der Waals surface area contributed by atoms with Gasteiger partial charge in [-0.15, -0.1) is 6.58 Å². The van der Waals surface area contributed by atoms with Gasteiger partial charge in [0.1, 0.15) is 5.60 Å². The van der Waals surface area contributed by atoms with Crippen molar-refractivity contribution in [2.45, 2.75) is 51.6 Å². The summed E-state index contributed by atoms with van der Waals surface area (Å²) in [6, 6.07) is 0.969. The van der Waals surface area contributed by atoms with Crippen molar-refractivity contribution in [3.63, 3.8) is 0 Å². The fourth-order valence-electron chi connectivity index (χ4n) is 1.42. The number of rotatable bonds is 5. The summed E-state index contributed by atoms with van der Waals surface area (Å²) in [5.41, 5.74) is -0.235. The molecule has 14 heavy (non-hydrogen) atoms. The quantitative estimate of drug-likeness (QED) is 0.564. The van der Waals surface area contributed by atoms with Crippen LogP contribution in [-0.2, 0) is 4.79 Å². The van der Waals surface area contributed by atoms with Gasteiger partial charge < -0.3 is 5.11 Å². The molecule has 0 saturated heterocycles. The summed E-state index contributed by atoms with van der Waals surface area (Å²) in [5.74, 6) is -0.186. The minimum absolute atomic E-state index is 0.186. The van der Waals surface area contributed by atoms with Crippen LogP contribution in [0.15, 0.2) is 12.2 Å². The predicted octanol–water partition coefficient (Wildman–Crippen LogP) is 2.61. The third-order valence-electron chi connectivity index (χ3n) is 2.13. The fourth-order valence-corrected chi connectivity index (χ4v) is 3.05. The number of carbonyl (C=O) groups excluding carboxylic acids is 1. The maximum absolute atomic E-state index is 11.1. The van der Waals surface area contributed by atoms with Crippen LogP contribution in [0.25, 0.3) is 0 Å². The van der Waals surface area contributed by atoms with Gasteiger partial charge >= 0.3 is 0 Å². The summed E-state index contributed by atoms with van der Waals surface area (Å²) in [6.07, 6.45) is 0.395. The van der Waals surface area contributed by atoms with Crippen molar-refractivity contribution >= 4 is 13.9 Å². The highest BCUT2D eigenvalue weighted by atomic mass is 28.3. The smallest absolute Gasteiger partial charge is 0.161 e. The SMILES string of the molecule is C=C(CC(C)(O)C(C)=O)C[Si](C)(C)C. The molecule has 0 aromatic rings. The molecule has 0 aliphatic carbocycles. The zero-order valence-corrected chi connectivity index (χ0v) is 11.0. The number of carbonyl (C=O) groups is 1. The van der Waals surface area contributed by atoms with Crippen LogP contribution < -0.4 is 0 Å². The van der Waals surface area contributed by atoms with Gasteiger partial charge in [0.25, 0.3) is 0 Å². The first-order valence-electron chi connectivity index (χ1n) is 4.95. The number of hydrogen-bond acceptors (Lipinski definition) is 2. The maximum Gasteiger partial charge on any atom is 0.161 e. The van der Waals surface area contributed by atoms with Crippen LogP contribution in [-0.4, -0.2) is 24.6 Å². The van der Waals surface area contributed by atoms with Gasteiger partial charge in [-0.25, -0.2) is 0 Å². The lowest BCUT2D eigenvalue weighted by Crippen LogP contribution is -2.34. The molecule has 0 amide bonds. The molecule has 0 heterocycles. The fraction of sp³-hybridized carbons (Fsp3) is 0.727. The zero-order valence-electron chi connectivity index (χ0n) is 9.98. The Morgan fingerprint density at radius 3 is 2.14 bits per heavy atom. The van der Waals surface area contributed by atoms with Crippen LogP contribution in [0.3, 0.4) is 0 Å². The Kier molecular flexibility index (Phi) is 4.27. The number of Topliss-reactive ketones (excluding diaryl/α,β-unsaturated/α-hetero) is 1. The Labute approximate surface area is 88.0 Å². The summed E-state index contributed by atoms with van der Waals surface area (Å²) in [6.45, 7) is 13.7. The maximum atomic E-state index is 11.1. The molecule has 3 heteroatoms. The first-order valence-corrected chi connectivity index (χ1v) is 8.65. The van der Waals surface area contributed by atoms with Crippen molar-refractivity contribution in [1.82, 2.24) is 0 Å². The van der Waals surface area contributed by atoms with E-state index < -0.39 is 13.7 Å². The Morgan fingerprint density at radius 2 is 1.86 bits per heavy atom. The van der Waals surface area contributed by atoms with Crippen molar-refractivity contribution in [3.05, 3.63) is 12.2 Å². The highest BCUT2D eigenvalue weighted by molar-refractivity contribution is 6.76. The first-order chi connectivity index (χ1) is 6.04. The highest BCUT2D eigenvalue weighted by Crippen LogP contribution is 2.23. The molecule has 0 aromatic carbocycles. The van der Waals surface area contributed by atoms with E-state index in [1.807, 2.05) is 0 Å². The zero-order chi connectivity index (χ0) is 11.6. The molecular formula is C11H22O2Si. The second-order valence-electron chi connectivity index (χ2n) is 5.49. The average Bonchev–Trinajstić information content (AvgIpc) is 1.79. The third-order valence-corrected chi connectivity index (χ3v) is 3.69. The largest absolute Gasteiger partial charge is 0.382 e. The van der Waals surface area contributed by atoms with Gasteiger partial charge in [0.2, 0.25) is 0 Å². The van der Waals surface area contributed by atoms with E-state index in [0.29, 0.717) is 6.42 Å². The Hall–Kier alpha value is -0.413. The van der Waals surface area contributed by atoms with E-state index in [1.54, 1.807) is 6.92 Å². The first kappa shape index (κ1) is 13.6. The van der Waals surface area contributed by atoms with E-state index in [2.05, 4.69) is 26.2 Å². The van der Waals surface area contributed by atoms with Gasteiger partial charge in [-0.05, 0) is 19.9 Å². The average molecular weight is 214 g/mol. The normalized spacial score (nSPS) is 16.1. The van der Waals surface area contributed by atoms with Gasteiger partial charge in [-0.1, -0.05) is 25.2 Å². The minimum Gasteiger partial charge on any atom is -0.382 e. The van der Waals surface area contributed by atoms with E-state index in [0.717, 1.165) is 11.6 Å². The van der Waals surface area contributed by atoms with Crippen molar-refractivity contribution in [2.24, 2.45) is 0 Å². The molecule has 0 bridgehead atoms. The van der Waals surface area contributed by atoms with Crippen LogP contribution >= 0.6 is 0 Å². The topological polar surface area (TPSA) is 37.3 Å². The van der Waals surface area contributed by atoms with Crippen LogP contribution in [0.2, 0.25) is 25.7 Å². The van der Waals surface area contributed by atoms with E-state index in [9.17, 15) is 9.90 Å². The van der Waals surface area contributed by atoms with Crippen molar-refractivity contribution < 1.29 is 9.90 Å². The molecule has 0 rings (SSSR count). The standard InChI is InChI=1S/C11H22O2Si/c1-9(8-14(4,5)6)7-11(3,13)10(2)12/h13H,1,7-8H2,2-6H3. The van der Waals surface area contributed by atoms with E-state index in [-0.39, 0.29) is 5.78 Å². The van der Waals surface area contributed by atoms with Gasteiger partial charge in [-0.3, -0.25) is 4.79 Å². The summed E-state index contributed by atoms with van der Waals surface area (Å²) < 4.78 is 0. The molecule has 82 valence electrons. The van der Waals surface area contributed by atoms with E-state index in [1.165, 1.54) is 6.92 Å². The summed E-state index contributed by atoms with van der Waals surface area (Å²) in [7, 11) is -1.18. The van der Waals surface area contributed by atoms with E-state index in [4.69, 9.17) is 0 Å². The molecule has 0 radical (unpaired) electrons. The molecule has 0 aliphatic heterocycles. The van der Waals surface area contributed by atoms with E-state index >= 15 is 0 Å².